The number of nitrogens with one attached hydrogen (secondary N) is 1. The number of rotatable bonds is 13. The van der Waals surface area contributed by atoms with E-state index < -0.39 is 33.5 Å². The highest BCUT2D eigenvalue weighted by Crippen LogP contribution is 2.40. The molecule has 42 heavy (non-hydrogen) atoms. The molecule has 6 N–H and O–H groups in total. The molecule has 1 unspecified atom stereocenters. The third-order valence-electron chi connectivity index (χ3n) is 6.84. The minimum atomic E-state index is -4.92. The van der Waals surface area contributed by atoms with Gasteiger partial charge in [0.15, 0.2) is 23.2 Å². The zero-order valence-electron chi connectivity index (χ0n) is 23.1. The fourth-order valence-electron chi connectivity index (χ4n) is 4.52. The lowest BCUT2D eigenvalue weighted by Crippen LogP contribution is -2.68. The zero-order chi connectivity index (χ0) is 30.5. The van der Waals surface area contributed by atoms with Gasteiger partial charge in [-0.25, -0.2) is 4.98 Å². The van der Waals surface area contributed by atoms with E-state index in [4.69, 9.17) is 25.6 Å². The summed E-state index contributed by atoms with van der Waals surface area (Å²) >= 11 is 1.09. The van der Waals surface area contributed by atoms with Crippen molar-refractivity contribution in [2.24, 2.45) is 21.8 Å². The molecule has 0 radical (unpaired) electrons. The van der Waals surface area contributed by atoms with E-state index in [2.05, 4.69) is 24.7 Å². The number of nitrogens with two attached hydrogens (primary N) is 2. The summed E-state index contributed by atoms with van der Waals surface area (Å²) in [6.07, 6.45) is 1.56. The Kier molecular flexibility index (Phi) is 9.78. The van der Waals surface area contributed by atoms with Crippen molar-refractivity contribution in [2.75, 3.05) is 32.0 Å². The van der Waals surface area contributed by atoms with Crippen LogP contribution in [0.2, 0.25) is 0 Å². The maximum atomic E-state index is 13.2. The van der Waals surface area contributed by atoms with E-state index in [1.165, 1.54) is 19.2 Å². The van der Waals surface area contributed by atoms with Gasteiger partial charge < -0.3 is 26.4 Å². The van der Waals surface area contributed by atoms with Gasteiger partial charge in [0, 0.05) is 17.4 Å². The highest BCUT2D eigenvalue weighted by Gasteiger charge is 2.57. The molecule has 1 amide bonds. The number of hydroxylamine groups is 2. The Morgan fingerprint density at radius 2 is 1.93 bits per heavy atom. The number of piperidine rings is 1. The lowest BCUT2D eigenvalue weighted by atomic mass is 9.74. The van der Waals surface area contributed by atoms with Crippen LogP contribution in [0.4, 0.5) is 5.13 Å². The van der Waals surface area contributed by atoms with E-state index in [9.17, 15) is 18.0 Å². The van der Waals surface area contributed by atoms with Crippen LogP contribution in [0.3, 0.4) is 0 Å². The highest BCUT2D eigenvalue weighted by atomic mass is 32.3. The van der Waals surface area contributed by atoms with Gasteiger partial charge >= 0.3 is 10.4 Å². The van der Waals surface area contributed by atoms with E-state index in [1.54, 1.807) is 12.1 Å². The molecule has 0 spiro atoms. The quantitative estimate of drug-likeness (QED) is 0.0611. The molecule has 0 bridgehead atoms. The number of hydrogen-bond acceptors (Lipinski definition) is 13. The van der Waals surface area contributed by atoms with Gasteiger partial charge in [-0.05, 0) is 64.0 Å². The molecule has 1 aromatic carbocycles. The van der Waals surface area contributed by atoms with Crippen LogP contribution < -0.4 is 21.5 Å². The zero-order valence-corrected chi connectivity index (χ0v) is 24.7. The van der Waals surface area contributed by atoms with Crippen molar-refractivity contribution >= 4 is 50.1 Å². The topological polar surface area (TPSA) is 221 Å². The first-order valence-electron chi connectivity index (χ1n) is 13.1. The van der Waals surface area contributed by atoms with Crippen molar-refractivity contribution in [3.8, 4) is 5.75 Å². The van der Waals surface area contributed by atoms with Crippen LogP contribution in [-0.2, 0) is 29.1 Å². The first kappa shape index (κ1) is 31.3. The fraction of sp³-hybridized carbons (Fsp3) is 0.480. The molecular formula is C25H33N7O8S2. The second-order valence-electron chi connectivity index (χ2n) is 10.2. The average Bonchev–Trinajstić information content (AvgIpc) is 3.38. The molecule has 1 aromatic heterocycles. The van der Waals surface area contributed by atoms with Crippen molar-refractivity contribution in [3.63, 3.8) is 0 Å². The molecule has 0 saturated carbocycles. The average molecular weight is 624 g/mol. The number of carbonyl (C=O) groups is 2. The number of carbonyl (C=O) groups excluding carboxylic acids is 2. The largest absolute Gasteiger partial charge is 0.490 e. The van der Waals surface area contributed by atoms with E-state index >= 15 is 0 Å². The van der Waals surface area contributed by atoms with Gasteiger partial charge in [-0.1, -0.05) is 5.16 Å². The summed E-state index contributed by atoms with van der Waals surface area (Å²) in [5, 5.41) is 9.47. The van der Waals surface area contributed by atoms with Crippen LogP contribution in [0.15, 0.2) is 39.8 Å². The number of oxime groups is 1. The van der Waals surface area contributed by atoms with Crippen molar-refractivity contribution in [1.29, 1.82) is 0 Å². The standard InChI is InChI=1S/C25H33N7O8S2/c1-25(2)18(23(34)32(25)40-42(35,36)37)13-20(33)21(19-14-41-24(27)30-19)31-39-12-11-38-17-5-3-15(4-6-17)22(26)29-16-7-9-28-10-8-16/h3-6,14,16,18,28H,7-13H2,1-2H3,(H2,26,29)(H2,27,30)(H,35,36,37)/b31-21-. The number of amidine groups is 1. The summed E-state index contributed by atoms with van der Waals surface area (Å²) < 4.78 is 41.1. The minimum absolute atomic E-state index is 0.0126. The van der Waals surface area contributed by atoms with E-state index in [1.807, 2.05) is 12.1 Å². The van der Waals surface area contributed by atoms with Crippen LogP contribution in [-0.4, -0.2) is 84.1 Å². The summed E-state index contributed by atoms with van der Waals surface area (Å²) in [5.41, 5.74) is 11.5. The lowest BCUT2D eigenvalue weighted by molar-refractivity contribution is -0.228. The number of anilines is 1. The number of hydrogen-bond donors (Lipinski definition) is 4. The van der Waals surface area contributed by atoms with Gasteiger partial charge in [-0.15, -0.1) is 15.6 Å². The Bertz CT molecular complexity index is 1450. The number of Topliss-reactive ketones (excluding diaryl/α,β-unsaturated/α-hetero) is 1. The number of ketones is 1. The van der Waals surface area contributed by atoms with Crippen LogP contribution >= 0.6 is 11.3 Å². The summed E-state index contributed by atoms with van der Waals surface area (Å²) in [6.45, 7) is 4.94. The second-order valence-corrected chi connectivity index (χ2v) is 12.1. The van der Waals surface area contributed by atoms with Gasteiger partial charge in [-0.3, -0.25) is 19.1 Å². The molecule has 17 heteroatoms. The molecule has 0 aliphatic carbocycles. The predicted molar refractivity (Wildman–Crippen MR) is 154 cm³/mol. The maximum absolute atomic E-state index is 13.2. The van der Waals surface area contributed by atoms with Gasteiger partial charge in [-0.2, -0.15) is 13.5 Å². The number of nitrogen functional groups attached to an aromatic ring is 1. The molecule has 228 valence electrons. The Hall–Kier alpha value is -3.64. The number of nitrogens with zero attached hydrogens (tertiary/aromatic N) is 4. The Balaban J connectivity index is 1.32. The number of benzene rings is 1. The minimum Gasteiger partial charge on any atom is -0.490 e. The molecular weight excluding hydrogens is 590 g/mol. The monoisotopic (exact) mass is 623 g/mol. The van der Waals surface area contributed by atoms with Crippen LogP contribution in [0.5, 0.6) is 5.75 Å². The van der Waals surface area contributed by atoms with Crippen LogP contribution in [0, 0.1) is 5.92 Å². The normalized spacial score (nSPS) is 19.8. The van der Waals surface area contributed by atoms with Crippen LogP contribution in [0.1, 0.15) is 44.4 Å². The molecule has 2 aliphatic heterocycles. The first-order valence-corrected chi connectivity index (χ1v) is 15.3. The number of thiazole rings is 1. The number of aliphatic imine (C=N–C) groups is 1. The third kappa shape index (κ3) is 7.80. The summed E-state index contributed by atoms with van der Waals surface area (Å²) in [5.74, 6) is -1.26. The Morgan fingerprint density at radius 1 is 1.24 bits per heavy atom. The van der Waals surface area contributed by atoms with Gasteiger partial charge in [0.1, 0.15) is 23.9 Å². The number of aromatic nitrogens is 1. The lowest BCUT2D eigenvalue weighted by Gasteiger charge is -2.50. The number of β-lactam (4-membered cyclic amide) rings is 1. The highest BCUT2D eigenvalue weighted by molar-refractivity contribution is 7.80. The van der Waals surface area contributed by atoms with Gasteiger partial charge in [0.05, 0.1) is 17.5 Å². The van der Waals surface area contributed by atoms with E-state index in [0.29, 0.717) is 16.6 Å². The second kappa shape index (κ2) is 13.1. The molecule has 15 nitrogen and oxygen atoms in total. The van der Waals surface area contributed by atoms with Gasteiger partial charge in [0.2, 0.25) is 0 Å². The van der Waals surface area contributed by atoms with E-state index in [0.717, 1.165) is 42.8 Å². The Morgan fingerprint density at radius 3 is 2.52 bits per heavy atom. The molecule has 2 saturated heterocycles. The summed E-state index contributed by atoms with van der Waals surface area (Å²) in [7, 11) is -4.92. The third-order valence-corrected chi connectivity index (χ3v) is 7.85. The number of amides is 1. The summed E-state index contributed by atoms with van der Waals surface area (Å²) in [4.78, 5) is 39.7. The summed E-state index contributed by atoms with van der Waals surface area (Å²) in [6, 6.07) is 7.39. The molecule has 2 fully saturated rings. The van der Waals surface area contributed by atoms with Crippen LogP contribution in [0.25, 0.3) is 0 Å². The molecule has 3 heterocycles. The molecule has 4 rings (SSSR count). The van der Waals surface area contributed by atoms with Gasteiger partial charge in [0.25, 0.3) is 5.91 Å². The van der Waals surface area contributed by atoms with Crippen molar-refractivity contribution < 1.29 is 36.4 Å². The predicted octanol–water partition coefficient (Wildman–Crippen LogP) is 0.913. The Labute approximate surface area is 246 Å². The van der Waals surface area contributed by atoms with Crippen molar-refractivity contribution in [1.82, 2.24) is 15.4 Å². The molecule has 2 aliphatic rings. The smallest absolute Gasteiger partial charge is 0.418 e. The van der Waals surface area contributed by atoms with Crippen molar-refractivity contribution in [3.05, 3.63) is 40.9 Å². The fourth-order valence-corrected chi connectivity index (χ4v) is 5.52. The number of ether oxygens (including phenoxy) is 1. The SMILES string of the molecule is CC1(C)C(CC(=O)/C(=N\OCCOc2ccc(C(N)=NC3CCNCC3)cc2)c2csc(N)n2)C(=O)N1OS(=O)(=O)O. The van der Waals surface area contributed by atoms with E-state index in [-0.39, 0.29) is 42.2 Å². The molecule has 1 atom stereocenters. The van der Waals surface area contributed by atoms with Crippen molar-refractivity contribution in [2.45, 2.75) is 44.7 Å². The molecule has 2 aromatic rings. The maximum Gasteiger partial charge on any atom is 0.418 e. The first-order chi connectivity index (χ1) is 19.8.